The number of benzene rings is 2. The van der Waals surface area contributed by atoms with Crippen LogP contribution in [0.15, 0.2) is 58.3 Å². The van der Waals surface area contributed by atoms with Gasteiger partial charge in [0.25, 0.3) is 11.4 Å². The van der Waals surface area contributed by atoms with E-state index in [-0.39, 0.29) is 52.0 Å². The molecule has 1 atom stereocenters. The first-order valence-electron chi connectivity index (χ1n) is 15.5. The van der Waals surface area contributed by atoms with Gasteiger partial charge in [-0.1, -0.05) is 43.9 Å². The minimum absolute atomic E-state index is 0.0496. The third-order valence-corrected chi connectivity index (χ3v) is 13.1. The molecule has 0 aromatic heterocycles. The third-order valence-electron chi connectivity index (χ3n) is 7.39. The van der Waals surface area contributed by atoms with Gasteiger partial charge in [0.15, 0.2) is 9.79 Å². The molecular weight excluding hydrogens is 685 g/mol. The molecule has 2 aromatic carbocycles. The zero-order valence-electron chi connectivity index (χ0n) is 27.7. The van der Waals surface area contributed by atoms with E-state index in [1.165, 1.54) is 24.3 Å². The predicted molar refractivity (Wildman–Crippen MR) is 183 cm³/mol. The van der Waals surface area contributed by atoms with Gasteiger partial charge < -0.3 is 15.8 Å². The predicted octanol–water partition coefficient (Wildman–Crippen LogP) is 4.16. The molecule has 1 unspecified atom stereocenters. The first-order valence-corrected chi connectivity index (χ1v) is 22.1. The lowest BCUT2D eigenvalue weighted by Crippen LogP contribution is -2.43. The van der Waals surface area contributed by atoms with Crippen molar-refractivity contribution in [3.63, 3.8) is 0 Å². The van der Waals surface area contributed by atoms with Gasteiger partial charge in [-0.15, -0.1) is 0 Å². The van der Waals surface area contributed by atoms with E-state index in [0.717, 1.165) is 38.9 Å². The van der Waals surface area contributed by atoms with Gasteiger partial charge in [0.1, 0.15) is 0 Å². The number of amides is 1. The van der Waals surface area contributed by atoms with E-state index < -0.39 is 71.3 Å². The van der Waals surface area contributed by atoms with Crippen LogP contribution >= 0.6 is 0 Å². The Morgan fingerprint density at radius 3 is 1.94 bits per heavy atom. The molecule has 0 heterocycles. The molecule has 0 saturated carbocycles. The second-order valence-corrected chi connectivity index (χ2v) is 21.7. The lowest BCUT2D eigenvalue weighted by molar-refractivity contribution is -0.388. The summed E-state index contributed by atoms with van der Waals surface area (Å²) in [7, 11) is -10.2. The van der Waals surface area contributed by atoms with Gasteiger partial charge in [0.05, 0.1) is 16.5 Å². The van der Waals surface area contributed by atoms with Gasteiger partial charge in [-0.3, -0.25) is 20.2 Å². The normalized spacial score (nSPS) is 13.0. The highest BCUT2D eigenvalue weighted by molar-refractivity contribution is 7.89. The fourth-order valence-electron chi connectivity index (χ4n) is 4.67. The van der Waals surface area contributed by atoms with Crippen molar-refractivity contribution >= 4 is 45.6 Å². The van der Waals surface area contributed by atoms with Gasteiger partial charge in [0, 0.05) is 52.4 Å². The molecule has 2 rings (SSSR count). The summed E-state index contributed by atoms with van der Waals surface area (Å²) in [5.74, 6) is 0. The number of nitro benzene ring substituents is 2. The van der Waals surface area contributed by atoms with Crippen molar-refractivity contribution in [2.75, 3.05) is 39.3 Å². The van der Waals surface area contributed by atoms with E-state index in [9.17, 15) is 41.9 Å². The molecular formula is C29H46N6O10S2Si. The quantitative estimate of drug-likeness (QED) is 0.0803. The van der Waals surface area contributed by atoms with E-state index >= 15 is 0 Å². The molecule has 2 aromatic rings. The molecule has 1 amide bonds. The summed E-state index contributed by atoms with van der Waals surface area (Å²) in [6, 6.07) is 9.83. The van der Waals surface area contributed by atoms with Crippen molar-refractivity contribution in [1.29, 1.82) is 0 Å². The van der Waals surface area contributed by atoms with Crippen molar-refractivity contribution in [3.05, 3.63) is 68.8 Å². The molecule has 19 heteroatoms. The van der Waals surface area contributed by atoms with E-state index in [1.54, 1.807) is 6.92 Å². The number of carbonyl (C=O) groups is 1. The second-order valence-electron chi connectivity index (χ2n) is 12.3. The van der Waals surface area contributed by atoms with Crippen LogP contribution in [-0.4, -0.2) is 94.8 Å². The molecule has 3 N–H and O–H groups in total. The van der Waals surface area contributed by atoms with Crippen molar-refractivity contribution in [1.82, 2.24) is 13.9 Å². The number of sulfonamides is 2. The van der Waals surface area contributed by atoms with Crippen LogP contribution in [0.5, 0.6) is 0 Å². The number of hydrogen-bond donors (Lipinski definition) is 2. The number of ether oxygens (including phenoxy) is 1. The number of unbranched alkanes of at least 4 members (excludes halogenated alkanes) is 1. The lowest BCUT2D eigenvalue weighted by Gasteiger charge is -2.30. The maximum atomic E-state index is 13.8. The van der Waals surface area contributed by atoms with Gasteiger partial charge >= 0.3 is 6.09 Å². The van der Waals surface area contributed by atoms with Gasteiger partial charge in [-0.05, 0) is 57.3 Å². The zero-order valence-corrected chi connectivity index (χ0v) is 30.4. The van der Waals surface area contributed by atoms with Crippen molar-refractivity contribution in [3.8, 4) is 0 Å². The van der Waals surface area contributed by atoms with E-state index in [4.69, 9.17) is 10.5 Å². The standard InChI is InChI=1S/C29H46N6O10S2Si/c1-24(33(20-11-17-30)47(43,44)28-15-8-6-13-26(28)35(39)40)16-21-32(46(41,42)27-14-7-5-12-25(27)34(37)38)19-10-9-18-31-29(36)45-22-23-48(2,3)4/h5-8,12-15,24H,9-11,16-23,30H2,1-4H3,(H,31,36). The summed E-state index contributed by atoms with van der Waals surface area (Å²) in [6.07, 6.45) is 0.219. The zero-order chi connectivity index (χ0) is 36.1. The number of rotatable bonds is 21. The van der Waals surface area contributed by atoms with Gasteiger partial charge in [-0.2, -0.15) is 8.61 Å². The molecule has 268 valence electrons. The summed E-state index contributed by atoms with van der Waals surface area (Å²) >= 11 is 0. The average Bonchev–Trinajstić information content (AvgIpc) is 3.01. The van der Waals surface area contributed by atoms with Crippen LogP contribution < -0.4 is 11.1 Å². The van der Waals surface area contributed by atoms with Crippen molar-refractivity contribution in [2.24, 2.45) is 5.73 Å². The molecule has 48 heavy (non-hydrogen) atoms. The van der Waals surface area contributed by atoms with Crippen LogP contribution in [0.2, 0.25) is 25.7 Å². The number of nitrogens with one attached hydrogen (secondary N) is 1. The smallest absolute Gasteiger partial charge is 0.407 e. The fourth-order valence-corrected chi connectivity index (χ4v) is 8.90. The number of nitro groups is 2. The monoisotopic (exact) mass is 730 g/mol. The first kappa shape index (κ1) is 40.7. The molecule has 16 nitrogen and oxygen atoms in total. The maximum absolute atomic E-state index is 13.8. The highest BCUT2D eigenvalue weighted by Crippen LogP contribution is 2.30. The summed E-state index contributed by atoms with van der Waals surface area (Å²) in [4.78, 5) is 32.8. The van der Waals surface area contributed by atoms with Crippen molar-refractivity contribution in [2.45, 2.75) is 74.1 Å². The highest BCUT2D eigenvalue weighted by Gasteiger charge is 2.36. The molecule has 0 bridgehead atoms. The Balaban J connectivity index is 2.28. The topological polar surface area (TPSA) is 225 Å². The van der Waals surface area contributed by atoms with Crippen LogP contribution in [0, 0.1) is 20.2 Å². The Morgan fingerprint density at radius 2 is 1.42 bits per heavy atom. The summed E-state index contributed by atoms with van der Waals surface area (Å²) < 4.78 is 62.5. The van der Waals surface area contributed by atoms with Crippen LogP contribution in [0.25, 0.3) is 0 Å². The van der Waals surface area contributed by atoms with E-state index in [0.29, 0.717) is 13.0 Å². The van der Waals surface area contributed by atoms with Crippen LogP contribution in [0.1, 0.15) is 32.6 Å². The van der Waals surface area contributed by atoms with Gasteiger partial charge in [-0.25, -0.2) is 21.6 Å². The van der Waals surface area contributed by atoms with E-state index in [2.05, 4.69) is 25.0 Å². The fraction of sp³-hybridized carbons (Fsp3) is 0.552. The minimum Gasteiger partial charge on any atom is -0.450 e. The van der Waals surface area contributed by atoms with Crippen LogP contribution in [0.4, 0.5) is 16.2 Å². The third kappa shape index (κ3) is 11.9. The average molecular weight is 731 g/mol. The number of hydrogen-bond acceptors (Lipinski definition) is 11. The SMILES string of the molecule is CC(CCN(CCCCNC(=O)OCC[Si](C)(C)C)S(=O)(=O)c1ccccc1[N+](=O)[O-])N(CCCN)S(=O)(=O)c1ccccc1[N+](=O)[O-]. The number of nitrogens with two attached hydrogens (primary N) is 1. The Morgan fingerprint density at radius 1 is 0.875 bits per heavy atom. The highest BCUT2D eigenvalue weighted by atomic mass is 32.2. The number of carbonyl (C=O) groups excluding carboxylic acids is 1. The summed E-state index contributed by atoms with van der Waals surface area (Å²) in [5, 5.41) is 26.0. The summed E-state index contributed by atoms with van der Waals surface area (Å²) in [6.45, 7) is 8.26. The molecule has 0 radical (unpaired) electrons. The first-order chi connectivity index (χ1) is 22.4. The van der Waals surface area contributed by atoms with Crippen LogP contribution in [0.3, 0.4) is 0 Å². The molecule has 0 spiro atoms. The van der Waals surface area contributed by atoms with Crippen molar-refractivity contribution < 1.29 is 36.2 Å². The van der Waals surface area contributed by atoms with Gasteiger partial charge in [0.2, 0.25) is 20.0 Å². The minimum atomic E-state index is -4.44. The molecule has 0 aliphatic heterocycles. The Kier molecular flexibility index (Phi) is 15.5. The second kappa shape index (κ2) is 18.3. The molecule has 0 saturated heterocycles. The Labute approximate surface area is 283 Å². The molecule has 0 fully saturated rings. The van der Waals surface area contributed by atoms with E-state index in [1.807, 2.05) is 0 Å². The lowest BCUT2D eigenvalue weighted by atomic mass is 10.2. The Hall–Kier alpha value is -3.49. The maximum Gasteiger partial charge on any atom is 0.407 e. The number of para-hydroxylation sites is 2. The Bertz CT molecular complexity index is 1620. The largest absolute Gasteiger partial charge is 0.450 e. The molecule has 0 aliphatic rings. The molecule has 0 aliphatic carbocycles. The summed E-state index contributed by atoms with van der Waals surface area (Å²) in [5.41, 5.74) is 4.44. The number of nitrogens with zero attached hydrogens (tertiary/aromatic N) is 4. The van der Waals surface area contributed by atoms with Crippen LogP contribution in [-0.2, 0) is 24.8 Å². The number of alkyl carbamates (subject to hydrolysis) is 1.